The molecule has 2 heterocycles. The monoisotopic (exact) mass is 438 g/mol. The lowest BCUT2D eigenvalue weighted by atomic mass is 10.1. The van der Waals surface area contributed by atoms with Crippen LogP contribution in [0.4, 0.5) is 24.5 Å². The Kier molecular flexibility index (Phi) is 6.01. The first-order valence-electron chi connectivity index (χ1n) is 8.25. The average molecular weight is 438 g/mol. The van der Waals surface area contributed by atoms with Crippen LogP contribution < -0.4 is 5.32 Å². The van der Waals surface area contributed by atoms with Gasteiger partial charge in [0.05, 0.1) is 21.9 Å². The summed E-state index contributed by atoms with van der Waals surface area (Å²) in [6.45, 7) is 0. The lowest BCUT2D eigenvalue weighted by molar-refractivity contribution is -0.385. The van der Waals surface area contributed by atoms with Gasteiger partial charge in [0.1, 0.15) is 0 Å². The van der Waals surface area contributed by atoms with E-state index in [2.05, 4.69) is 20.5 Å². The average Bonchev–Trinajstić information content (AvgIpc) is 3.07. The van der Waals surface area contributed by atoms with E-state index >= 15 is 0 Å². The quantitative estimate of drug-likeness (QED) is 0.356. The van der Waals surface area contributed by atoms with Crippen molar-refractivity contribution in [1.29, 1.82) is 0 Å². The number of halogens is 3. The highest BCUT2D eigenvalue weighted by molar-refractivity contribution is 7.99. The van der Waals surface area contributed by atoms with Crippen molar-refractivity contribution in [1.82, 2.24) is 19.7 Å². The van der Waals surface area contributed by atoms with E-state index in [0.717, 1.165) is 23.9 Å². The van der Waals surface area contributed by atoms with Crippen LogP contribution in [0.3, 0.4) is 0 Å². The Hall–Kier alpha value is -3.48. The third kappa shape index (κ3) is 4.74. The minimum atomic E-state index is -4.87. The number of nitrogens with one attached hydrogen (secondary N) is 1. The molecular formula is C17H13F3N6O3S. The van der Waals surface area contributed by atoms with Crippen molar-refractivity contribution < 1.29 is 22.9 Å². The van der Waals surface area contributed by atoms with E-state index in [1.54, 1.807) is 36.1 Å². The number of hydrogen-bond acceptors (Lipinski definition) is 7. The van der Waals surface area contributed by atoms with Gasteiger partial charge in [-0.25, -0.2) is 0 Å². The molecule has 1 N–H and O–H groups in total. The van der Waals surface area contributed by atoms with Crippen LogP contribution in [-0.4, -0.2) is 36.3 Å². The molecule has 0 atom stereocenters. The second kappa shape index (κ2) is 8.49. The summed E-state index contributed by atoms with van der Waals surface area (Å²) < 4.78 is 41.2. The van der Waals surface area contributed by atoms with Gasteiger partial charge in [0, 0.05) is 37.1 Å². The predicted octanol–water partition coefficient (Wildman–Crippen LogP) is 3.53. The van der Waals surface area contributed by atoms with Crippen LogP contribution in [0.15, 0.2) is 47.9 Å². The molecule has 9 nitrogen and oxygen atoms in total. The highest BCUT2D eigenvalue weighted by Crippen LogP contribution is 2.37. The number of anilines is 1. The number of hydrogen-bond donors (Lipinski definition) is 1. The lowest BCUT2D eigenvalue weighted by Gasteiger charge is -2.13. The van der Waals surface area contributed by atoms with E-state index in [1.165, 1.54) is 0 Å². The number of rotatable bonds is 6. The maximum absolute atomic E-state index is 13.2. The van der Waals surface area contributed by atoms with Crippen LogP contribution in [0.2, 0.25) is 0 Å². The zero-order chi connectivity index (χ0) is 21.9. The summed E-state index contributed by atoms with van der Waals surface area (Å²) in [6, 6.07) is 5.64. The first-order chi connectivity index (χ1) is 14.2. The number of nitro benzene ring substituents is 1. The summed E-state index contributed by atoms with van der Waals surface area (Å²) >= 11 is 0.979. The van der Waals surface area contributed by atoms with Crippen LogP contribution in [0.25, 0.3) is 11.4 Å². The molecule has 0 unspecified atom stereocenters. The second-order valence-corrected chi connectivity index (χ2v) is 6.87. The summed E-state index contributed by atoms with van der Waals surface area (Å²) in [5.74, 6) is -0.459. The molecule has 0 fully saturated rings. The zero-order valence-electron chi connectivity index (χ0n) is 15.3. The second-order valence-electron chi connectivity index (χ2n) is 5.93. The molecule has 0 saturated heterocycles. The number of alkyl halides is 3. The zero-order valence-corrected chi connectivity index (χ0v) is 16.1. The molecule has 0 bridgehead atoms. The minimum Gasteiger partial charge on any atom is -0.325 e. The van der Waals surface area contributed by atoms with Crippen molar-refractivity contribution in [2.75, 3.05) is 11.1 Å². The third-order valence-electron chi connectivity index (χ3n) is 3.88. The van der Waals surface area contributed by atoms with Crippen LogP contribution >= 0.6 is 11.8 Å². The van der Waals surface area contributed by atoms with E-state index < -0.39 is 33.9 Å². The van der Waals surface area contributed by atoms with Crippen molar-refractivity contribution in [2.45, 2.75) is 11.3 Å². The van der Waals surface area contributed by atoms with Gasteiger partial charge < -0.3 is 9.88 Å². The van der Waals surface area contributed by atoms with Crippen molar-refractivity contribution in [3.63, 3.8) is 0 Å². The summed E-state index contributed by atoms with van der Waals surface area (Å²) in [4.78, 5) is 26.0. The normalized spacial score (nSPS) is 11.3. The minimum absolute atomic E-state index is 0.243. The Labute approximate surface area is 171 Å². The number of pyridine rings is 1. The first kappa shape index (κ1) is 21.2. The van der Waals surface area contributed by atoms with E-state index in [0.29, 0.717) is 22.6 Å². The number of aromatic nitrogens is 4. The van der Waals surface area contributed by atoms with Crippen LogP contribution in [0, 0.1) is 10.1 Å². The predicted molar refractivity (Wildman–Crippen MR) is 102 cm³/mol. The number of nitrogens with zero attached hydrogens (tertiary/aromatic N) is 5. The van der Waals surface area contributed by atoms with Gasteiger partial charge in [-0.15, -0.1) is 10.2 Å². The highest BCUT2D eigenvalue weighted by Gasteiger charge is 2.35. The van der Waals surface area contributed by atoms with E-state index in [-0.39, 0.29) is 5.75 Å². The molecule has 1 aromatic carbocycles. The van der Waals surface area contributed by atoms with Crippen LogP contribution in [-0.2, 0) is 18.0 Å². The first-order valence-corrected chi connectivity index (χ1v) is 9.23. The van der Waals surface area contributed by atoms with Crippen molar-refractivity contribution in [2.24, 2.45) is 7.05 Å². The summed E-state index contributed by atoms with van der Waals surface area (Å²) in [5, 5.41) is 21.3. The Bertz CT molecular complexity index is 1090. The summed E-state index contributed by atoms with van der Waals surface area (Å²) in [5.41, 5.74) is -1.87. The van der Waals surface area contributed by atoms with E-state index in [9.17, 15) is 28.1 Å². The van der Waals surface area contributed by atoms with Gasteiger partial charge in [0.25, 0.3) is 5.69 Å². The van der Waals surface area contributed by atoms with Crippen LogP contribution in [0.5, 0.6) is 0 Å². The number of nitro groups is 1. The fraction of sp³-hybridized carbons (Fsp3) is 0.176. The van der Waals surface area contributed by atoms with E-state index in [4.69, 9.17) is 0 Å². The van der Waals surface area contributed by atoms with Gasteiger partial charge in [0.2, 0.25) is 5.91 Å². The molecule has 0 aliphatic heterocycles. The van der Waals surface area contributed by atoms with Gasteiger partial charge in [0.15, 0.2) is 11.0 Å². The van der Waals surface area contributed by atoms with Gasteiger partial charge in [-0.05, 0) is 18.2 Å². The number of thioether (sulfide) groups is 1. The Balaban J connectivity index is 1.71. The van der Waals surface area contributed by atoms with Gasteiger partial charge in [-0.2, -0.15) is 13.2 Å². The molecule has 0 saturated carbocycles. The molecule has 3 aromatic rings. The fourth-order valence-corrected chi connectivity index (χ4v) is 3.20. The number of non-ortho nitro benzene ring substituents is 1. The highest BCUT2D eigenvalue weighted by atomic mass is 32.2. The van der Waals surface area contributed by atoms with Crippen molar-refractivity contribution >= 4 is 29.0 Å². The third-order valence-corrected chi connectivity index (χ3v) is 4.90. The largest absolute Gasteiger partial charge is 0.418 e. The molecule has 0 aliphatic rings. The Morgan fingerprint density at radius 1 is 1.30 bits per heavy atom. The Morgan fingerprint density at radius 2 is 2.07 bits per heavy atom. The number of carbonyl (C=O) groups excluding carboxylic acids is 1. The van der Waals surface area contributed by atoms with Crippen molar-refractivity contribution in [3.05, 3.63) is 58.4 Å². The molecule has 2 aromatic heterocycles. The molecule has 156 valence electrons. The molecule has 13 heteroatoms. The molecule has 3 rings (SSSR count). The maximum Gasteiger partial charge on any atom is 0.418 e. The maximum atomic E-state index is 13.2. The lowest BCUT2D eigenvalue weighted by Crippen LogP contribution is -2.18. The van der Waals surface area contributed by atoms with Crippen LogP contribution in [0.1, 0.15) is 5.56 Å². The Morgan fingerprint density at radius 3 is 2.70 bits per heavy atom. The smallest absolute Gasteiger partial charge is 0.325 e. The molecular weight excluding hydrogens is 425 g/mol. The number of benzene rings is 1. The number of carbonyl (C=O) groups is 1. The van der Waals surface area contributed by atoms with Gasteiger partial charge >= 0.3 is 6.18 Å². The standard InChI is InChI=1S/C17H13F3N6O3S/c1-25-15(10-3-2-6-21-8-10)23-24-16(25)30-9-14(27)22-13-5-4-11(26(28)29)7-12(13)17(18,19)20/h2-8H,9H2,1H3,(H,22,27). The van der Waals surface area contributed by atoms with Gasteiger partial charge in [-0.1, -0.05) is 11.8 Å². The molecule has 0 radical (unpaired) electrons. The molecule has 30 heavy (non-hydrogen) atoms. The number of amides is 1. The SMILES string of the molecule is Cn1c(SCC(=O)Nc2ccc([N+](=O)[O-])cc2C(F)(F)F)nnc1-c1cccnc1. The fourth-order valence-electron chi connectivity index (χ4n) is 2.49. The van der Waals surface area contributed by atoms with E-state index in [1.807, 2.05) is 0 Å². The molecule has 0 spiro atoms. The van der Waals surface area contributed by atoms with Gasteiger partial charge in [-0.3, -0.25) is 19.9 Å². The molecule has 0 aliphatic carbocycles. The topological polar surface area (TPSA) is 116 Å². The van der Waals surface area contributed by atoms with Crippen molar-refractivity contribution in [3.8, 4) is 11.4 Å². The summed E-state index contributed by atoms with van der Waals surface area (Å²) in [6.07, 6.45) is -1.67. The molecule has 1 amide bonds. The summed E-state index contributed by atoms with van der Waals surface area (Å²) in [7, 11) is 1.68.